The van der Waals surface area contributed by atoms with Crippen molar-refractivity contribution in [2.24, 2.45) is 28.1 Å². The fraction of sp³-hybridized carbons (Fsp3) is 1.00. The fourth-order valence-corrected chi connectivity index (χ4v) is 5.59. The van der Waals surface area contributed by atoms with Gasteiger partial charge in [0.15, 0.2) is 18.9 Å². The predicted octanol–water partition coefficient (Wildman–Crippen LogP) is -6.18. The lowest BCUT2D eigenvalue weighted by Crippen LogP contribution is -2.70. The normalized spacial score (nSPS) is 53.8. The van der Waals surface area contributed by atoms with Crippen LogP contribution in [0.3, 0.4) is 0 Å². The molecular weight excluding hydrogens is 512 g/mol. The molecule has 14 N–H and O–H groups in total. The van der Waals surface area contributed by atoms with E-state index in [9.17, 15) is 30.4 Å². The van der Waals surface area contributed by atoms with Crippen molar-refractivity contribution >= 4 is 0 Å². The van der Waals surface area contributed by atoms with Crippen LogP contribution in [-0.4, -0.2) is 143 Å². The maximum Gasteiger partial charge on any atom is 0.189 e. The molecule has 17 nitrogen and oxygen atoms in total. The van der Waals surface area contributed by atoms with Crippen LogP contribution in [0, 0.1) is 4.91 Å². The van der Waals surface area contributed by atoms with E-state index >= 15 is 0 Å². The Morgan fingerprint density at radius 2 is 1.55 bits per heavy atom. The molecule has 0 aromatic heterocycles. The summed E-state index contributed by atoms with van der Waals surface area (Å²) in [6.07, 6.45) is -12.5. The Kier molecular flexibility index (Phi) is 9.66. The summed E-state index contributed by atoms with van der Waals surface area (Å²) < 4.78 is 29.2. The standard InChI is InChI=1S/C21H40N6O11/c1-26-12-14(30)18-8(34-20(12)38-21-15(31)11(27-33)10(25)9(4-28)35-21)3-7(24)19(37-18)36-17-6(23)2-5(22)13(29)16(17)32/h5-21,26,28-32H,2-4,22-25H2,1H3/t5-,6?,7?,8+,9?,10-,11?,12?,13?,14?,15?,16-,17-,18?,19+,20?,21-/m1/s1. The maximum absolute atomic E-state index is 11.3. The molecule has 3 saturated heterocycles. The van der Waals surface area contributed by atoms with Gasteiger partial charge >= 0.3 is 0 Å². The van der Waals surface area contributed by atoms with E-state index in [0.717, 1.165) is 0 Å². The molecule has 10 unspecified atom stereocenters. The minimum absolute atomic E-state index is 0.138. The van der Waals surface area contributed by atoms with Gasteiger partial charge in [-0.3, -0.25) is 0 Å². The van der Waals surface area contributed by atoms with Gasteiger partial charge in [-0.15, -0.1) is 0 Å². The van der Waals surface area contributed by atoms with Gasteiger partial charge in [0.1, 0.15) is 42.7 Å². The van der Waals surface area contributed by atoms with Crippen LogP contribution >= 0.6 is 0 Å². The largest absolute Gasteiger partial charge is 0.394 e. The number of hydrogen-bond donors (Lipinski definition) is 10. The summed E-state index contributed by atoms with van der Waals surface area (Å²) in [7, 11) is 1.54. The first-order valence-electron chi connectivity index (χ1n) is 12.6. The van der Waals surface area contributed by atoms with Crippen molar-refractivity contribution in [1.29, 1.82) is 0 Å². The summed E-state index contributed by atoms with van der Waals surface area (Å²) in [5, 5.41) is 57.6. The molecule has 0 spiro atoms. The van der Waals surface area contributed by atoms with Crippen LogP contribution in [0.1, 0.15) is 12.8 Å². The average molecular weight is 553 g/mol. The molecule has 17 heteroatoms. The molecular formula is C21H40N6O11. The van der Waals surface area contributed by atoms with Gasteiger partial charge < -0.3 is 77.5 Å². The summed E-state index contributed by atoms with van der Waals surface area (Å²) in [6, 6.07) is -5.44. The Bertz CT molecular complexity index is 803. The highest BCUT2D eigenvalue weighted by Crippen LogP contribution is 2.35. The smallest absolute Gasteiger partial charge is 0.189 e. The van der Waals surface area contributed by atoms with Gasteiger partial charge in [-0.05, 0) is 19.9 Å². The number of likely N-dealkylation sites (N-methyl/N-ethyl adjacent to an activating group) is 1. The van der Waals surface area contributed by atoms with Gasteiger partial charge in [-0.25, -0.2) is 0 Å². The van der Waals surface area contributed by atoms with E-state index in [1.807, 2.05) is 0 Å². The van der Waals surface area contributed by atoms with Gasteiger partial charge in [0.25, 0.3) is 0 Å². The lowest BCUT2D eigenvalue weighted by Gasteiger charge is -2.51. The van der Waals surface area contributed by atoms with E-state index in [0.29, 0.717) is 0 Å². The number of fused-ring (bicyclic) bond motifs is 1. The van der Waals surface area contributed by atoms with Crippen molar-refractivity contribution < 1.29 is 49.2 Å². The van der Waals surface area contributed by atoms with E-state index in [1.54, 1.807) is 7.05 Å². The second-order valence-corrected chi connectivity index (χ2v) is 10.4. The third kappa shape index (κ3) is 5.60. The zero-order valence-corrected chi connectivity index (χ0v) is 20.9. The first-order valence-corrected chi connectivity index (χ1v) is 12.6. The molecule has 0 aromatic rings. The highest BCUT2D eigenvalue weighted by molar-refractivity contribution is 5.02. The van der Waals surface area contributed by atoms with Gasteiger partial charge in [-0.2, -0.15) is 4.91 Å². The topological polar surface area (TPSA) is 293 Å². The molecule has 4 rings (SSSR count). The van der Waals surface area contributed by atoms with Gasteiger partial charge in [0.05, 0.1) is 36.9 Å². The molecule has 0 amide bonds. The molecule has 0 radical (unpaired) electrons. The molecule has 0 aromatic carbocycles. The highest BCUT2D eigenvalue weighted by atomic mass is 16.8. The van der Waals surface area contributed by atoms with Crippen molar-refractivity contribution in [1.82, 2.24) is 5.32 Å². The average Bonchev–Trinajstić information content (AvgIpc) is 2.88. The number of nitroso groups, excluding NO2 is 1. The zero-order chi connectivity index (χ0) is 27.9. The van der Waals surface area contributed by atoms with Gasteiger partial charge in [0, 0.05) is 12.1 Å². The van der Waals surface area contributed by atoms with Crippen LogP contribution in [-0.2, 0) is 23.7 Å². The maximum atomic E-state index is 11.3. The summed E-state index contributed by atoms with van der Waals surface area (Å²) in [5.41, 5.74) is 24.0. The van der Waals surface area contributed by atoms with Crippen LogP contribution in [0.15, 0.2) is 5.18 Å². The Morgan fingerprint density at radius 3 is 2.18 bits per heavy atom. The number of nitrogens with zero attached hydrogens (tertiary/aromatic N) is 1. The van der Waals surface area contributed by atoms with Gasteiger partial charge in [-0.1, -0.05) is 5.18 Å². The minimum atomic E-state index is -1.56. The number of nitrogens with one attached hydrogen (secondary N) is 1. The molecule has 3 heterocycles. The second-order valence-electron chi connectivity index (χ2n) is 10.4. The Morgan fingerprint density at radius 1 is 0.842 bits per heavy atom. The Balaban J connectivity index is 1.44. The van der Waals surface area contributed by atoms with Crippen molar-refractivity contribution in [3.63, 3.8) is 0 Å². The number of ether oxygens (including phenoxy) is 5. The molecule has 1 aliphatic carbocycles. The van der Waals surface area contributed by atoms with E-state index in [-0.39, 0.29) is 12.8 Å². The number of rotatable bonds is 7. The third-order valence-electron chi connectivity index (χ3n) is 7.87. The minimum Gasteiger partial charge on any atom is -0.394 e. The van der Waals surface area contributed by atoms with Crippen LogP contribution in [0.2, 0.25) is 0 Å². The fourth-order valence-electron chi connectivity index (χ4n) is 5.59. The first kappa shape index (κ1) is 30.0. The number of nitrogens with two attached hydrogens (primary N) is 4. The van der Waals surface area contributed by atoms with E-state index < -0.39 is 111 Å². The van der Waals surface area contributed by atoms with Crippen molar-refractivity contribution in [2.75, 3.05) is 13.7 Å². The van der Waals surface area contributed by atoms with E-state index in [4.69, 9.17) is 46.6 Å². The van der Waals surface area contributed by atoms with Crippen molar-refractivity contribution in [3.8, 4) is 0 Å². The summed E-state index contributed by atoms with van der Waals surface area (Å²) in [4.78, 5) is 11.3. The third-order valence-corrected chi connectivity index (χ3v) is 7.87. The van der Waals surface area contributed by atoms with Crippen LogP contribution < -0.4 is 28.3 Å². The molecule has 17 atom stereocenters. The molecule has 4 fully saturated rings. The highest BCUT2D eigenvalue weighted by Gasteiger charge is 2.54. The molecule has 0 bridgehead atoms. The van der Waals surface area contributed by atoms with Crippen LogP contribution in [0.25, 0.3) is 0 Å². The quantitative estimate of drug-likeness (QED) is 0.131. The molecule has 1 saturated carbocycles. The Labute approximate surface area is 218 Å². The lowest BCUT2D eigenvalue weighted by atomic mass is 9.84. The van der Waals surface area contributed by atoms with Gasteiger partial charge in [0.2, 0.25) is 0 Å². The van der Waals surface area contributed by atoms with E-state index in [2.05, 4.69) is 10.5 Å². The molecule has 220 valence electrons. The summed E-state index contributed by atoms with van der Waals surface area (Å²) in [5.74, 6) is 0. The summed E-state index contributed by atoms with van der Waals surface area (Å²) in [6.45, 7) is -0.541. The predicted molar refractivity (Wildman–Crippen MR) is 127 cm³/mol. The van der Waals surface area contributed by atoms with Crippen molar-refractivity contribution in [2.45, 2.75) is 117 Å². The zero-order valence-electron chi connectivity index (χ0n) is 20.9. The molecule has 38 heavy (non-hydrogen) atoms. The SMILES string of the molecule is CNC1C(O[C@H]2OC(CO)[C@@H](N)C(N=O)C2O)O[C@H]2CC(N)[C@@H](O[C@@H]3C(N)C[C@@H](N)C(O)[C@H]3O)OC2C1O. The lowest BCUT2D eigenvalue weighted by molar-refractivity contribution is -0.368. The first-order chi connectivity index (χ1) is 18.0. The van der Waals surface area contributed by atoms with Crippen molar-refractivity contribution in [3.05, 3.63) is 4.91 Å². The molecule has 3 aliphatic heterocycles. The number of hydrogen-bond acceptors (Lipinski definition) is 17. The summed E-state index contributed by atoms with van der Waals surface area (Å²) >= 11 is 0. The van der Waals surface area contributed by atoms with Crippen LogP contribution in [0.5, 0.6) is 0 Å². The van der Waals surface area contributed by atoms with E-state index in [1.165, 1.54) is 0 Å². The monoisotopic (exact) mass is 552 g/mol. The second kappa shape index (κ2) is 12.2. The number of aliphatic hydroxyl groups excluding tert-OH is 5. The van der Waals surface area contributed by atoms with Crippen LogP contribution in [0.4, 0.5) is 0 Å². The number of aliphatic hydroxyl groups is 5. The molecule has 4 aliphatic rings. The Hall–Kier alpha value is -1.00.